The number of ether oxygens (including phenoxy) is 2. The summed E-state index contributed by atoms with van der Waals surface area (Å²) in [6, 6.07) is 15.1. The van der Waals surface area contributed by atoms with Gasteiger partial charge in [0.2, 0.25) is 5.91 Å². The number of aromatic nitrogens is 1. The molecule has 28 heavy (non-hydrogen) atoms. The second kappa shape index (κ2) is 7.03. The Morgan fingerprint density at radius 1 is 1.04 bits per heavy atom. The summed E-state index contributed by atoms with van der Waals surface area (Å²) in [5.41, 5.74) is 2.78. The minimum atomic E-state index is -0.622. The lowest BCUT2D eigenvalue weighted by molar-refractivity contribution is -0.118. The van der Waals surface area contributed by atoms with E-state index in [4.69, 9.17) is 14.0 Å². The van der Waals surface area contributed by atoms with Crippen LogP contribution in [-0.4, -0.2) is 25.3 Å². The minimum absolute atomic E-state index is 0.0523. The fourth-order valence-electron chi connectivity index (χ4n) is 3.24. The number of benzene rings is 2. The number of nitrogens with one attached hydrogen (secondary N) is 1. The molecule has 1 aliphatic carbocycles. The van der Waals surface area contributed by atoms with Crippen LogP contribution in [0.5, 0.6) is 11.5 Å². The van der Waals surface area contributed by atoms with E-state index in [2.05, 4.69) is 10.5 Å². The first-order chi connectivity index (χ1) is 13.6. The van der Waals surface area contributed by atoms with Crippen molar-refractivity contribution in [3.8, 4) is 22.8 Å². The number of aryl methyl sites for hydroxylation is 1. The highest BCUT2D eigenvalue weighted by Gasteiger charge is 2.53. The van der Waals surface area contributed by atoms with Crippen molar-refractivity contribution < 1.29 is 18.8 Å². The van der Waals surface area contributed by atoms with Crippen LogP contribution in [0.3, 0.4) is 0 Å². The van der Waals surface area contributed by atoms with E-state index in [1.807, 2.05) is 55.5 Å². The molecule has 1 aliphatic rings. The summed E-state index contributed by atoms with van der Waals surface area (Å²) < 4.78 is 16.2. The molecule has 0 aliphatic heterocycles. The van der Waals surface area contributed by atoms with Crippen LogP contribution in [0.2, 0.25) is 0 Å². The van der Waals surface area contributed by atoms with Crippen molar-refractivity contribution in [3.63, 3.8) is 0 Å². The molecule has 3 aromatic rings. The lowest BCUT2D eigenvalue weighted by Gasteiger charge is -2.12. The summed E-state index contributed by atoms with van der Waals surface area (Å²) in [5.74, 6) is 1.78. The zero-order valence-corrected chi connectivity index (χ0v) is 16.1. The Bertz CT molecular complexity index is 1000. The van der Waals surface area contributed by atoms with Gasteiger partial charge in [-0.2, -0.15) is 0 Å². The molecule has 4 rings (SSSR count). The zero-order chi connectivity index (χ0) is 19.7. The van der Waals surface area contributed by atoms with E-state index in [0.29, 0.717) is 23.0 Å². The number of amides is 1. The third kappa shape index (κ3) is 3.22. The Balaban J connectivity index is 1.56. The Hall–Kier alpha value is -3.28. The standard InChI is InChI=1S/C22H22N2O4/c1-14-4-7-16(8-5-14)23-21(25)22(10-11-22)20-13-18(28-24-20)15-6-9-17(26-2)19(12-15)27-3/h4-9,12-13H,10-11H2,1-3H3,(H,23,25). The van der Waals surface area contributed by atoms with Gasteiger partial charge in [0.1, 0.15) is 0 Å². The molecule has 6 heteroatoms. The zero-order valence-electron chi connectivity index (χ0n) is 16.1. The van der Waals surface area contributed by atoms with Gasteiger partial charge in [0.15, 0.2) is 17.3 Å². The molecule has 144 valence electrons. The van der Waals surface area contributed by atoms with Crippen molar-refractivity contribution in [1.29, 1.82) is 0 Å². The highest BCUT2D eigenvalue weighted by atomic mass is 16.5. The number of anilines is 1. The van der Waals surface area contributed by atoms with Crippen LogP contribution in [0, 0.1) is 6.92 Å². The maximum Gasteiger partial charge on any atom is 0.236 e. The van der Waals surface area contributed by atoms with Crippen LogP contribution in [0.15, 0.2) is 53.1 Å². The average Bonchev–Trinajstić information content (AvgIpc) is 3.39. The van der Waals surface area contributed by atoms with Crippen molar-refractivity contribution in [2.24, 2.45) is 0 Å². The van der Waals surface area contributed by atoms with Gasteiger partial charge in [-0.05, 0) is 50.1 Å². The molecular weight excluding hydrogens is 356 g/mol. The first kappa shape index (κ1) is 18.1. The Kier molecular flexibility index (Phi) is 4.55. The number of hydrogen-bond donors (Lipinski definition) is 1. The molecule has 1 saturated carbocycles. The molecule has 1 aromatic heterocycles. The summed E-state index contributed by atoms with van der Waals surface area (Å²) in [7, 11) is 3.18. The summed E-state index contributed by atoms with van der Waals surface area (Å²) >= 11 is 0. The molecule has 0 spiro atoms. The second-order valence-electron chi connectivity index (χ2n) is 7.05. The van der Waals surface area contributed by atoms with Crippen molar-refractivity contribution in [1.82, 2.24) is 5.16 Å². The van der Waals surface area contributed by atoms with Crippen molar-refractivity contribution in [2.45, 2.75) is 25.2 Å². The van der Waals surface area contributed by atoms with Crippen LogP contribution >= 0.6 is 0 Å². The molecule has 1 heterocycles. The third-order valence-corrected chi connectivity index (χ3v) is 5.16. The summed E-state index contributed by atoms with van der Waals surface area (Å²) in [6.07, 6.45) is 1.51. The number of carbonyl (C=O) groups is 1. The number of rotatable bonds is 6. The average molecular weight is 378 g/mol. The lowest BCUT2D eigenvalue weighted by atomic mass is 10.00. The van der Waals surface area contributed by atoms with Crippen LogP contribution in [0.25, 0.3) is 11.3 Å². The SMILES string of the molecule is COc1ccc(-c2cc(C3(C(=O)Nc4ccc(C)cc4)CC3)no2)cc1OC. The number of carbonyl (C=O) groups excluding carboxylic acids is 1. The highest BCUT2D eigenvalue weighted by Crippen LogP contribution is 2.49. The van der Waals surface area contributed by atoms with Gasteiger partial charge in [-0.1, -0.05) is 22.9 Å². The van der Waals surface area contributed by atoms with Gasteiger partial charge in [-0.3, -0.25) is 4.79 Å². The molecule has 1 amide bonds. The maximum atomic E-state index is 12.9. The molecule has 0 atom stereocenters. The molecule has 1 fully saturated rings. The van der Waals surface area contributed by atoms with Crippen molar-refractivity contribution in [2.75, 3.05) is 19.5 Å². The first-order valence-corrected chi connectivity index (χ1v) is 9.13. The van der Waals surface area contributed by atoms with Gasteiger partial charge in [-0.25, -0.2) is 0 Å². The second-order valence-corrected chi connectivity index (χ2v) is 7.05. The fraction of sp³-hybridized carbons (Fsp3) is 0.273. The Labute approximate surface area is 163 Å². The molecule has 2 aromatic carbocycles. The van der Waals surface area contributed by atoms with E-state index in [-0.39, 0.29) is 5.91 Å². The van der Waals surface area contributed by atoms with Gasteiger partial charge >= 0.3 is 0 Å². The number of methoxy groups -OCH3 is 2. The summed E-state index contributed by atoms with van der Waals surface area (Å²) in [4.78, 5) is 12.9. The molecule has 0 radical (unpaired) electrons. The van der Waals surface area contributed by atoms with E-state index in [0.717, 1.165) is 29.7 Å². The quantitative estimate of drug-likeness (QED) is 0.691. The van der Waals surface area contributed by atoms with E-state index in [1.54, 1.807) is 14.2 Å². The first-order valence-electron chi connectivity index (χ1n) is 9.13. The number of hydrogen-bond acceptors (Lipinski definition) is 5. The molecule has 0 unspecified atom stereocenters. The topological polar surface area (TPSA) is 73.6 Å². The van der Waals surface area contributed by atoms with Crippen molar-refractivity contribution >= 4 is 11.6 Å². The van der Waals surface area contributed by atoms with Crippen LogP contribution in [0.4, 0.5) is 5.69 Å². The molecule has 0 bridgehead atoms. The van der Waals surface area contributed by atoms with E-state index < -0.39 is 5.41 Å². The van der Waals surface area contributed by atoms with Crippen molar-refractivity contribution in [3.05, 3.63) is 59.8 Å². The normalized spacial score (nSPS) is 14.4. The number of nitrogens with zero attached hydrogens (tertiary/aromatic N) is 1. The predicted molar refractivity (Wildman–Crippen MR) is 106 cm³/mol. The van der Waals surface area contributed by atoms with Gasteiger partial charge in [0, 0.05) is 17.3 Å². The fourth-order valence-corrected chi connectivity index (χ4v) is 3.24. The molecule has 6 nitrogen and oxygen atoms in total. The smallest absolute Gasteiger partial charge is 0.236 e. The Morgan fingerprint density at radius 2 is 1.75 bits per heavy atom. The van der Waals surface area contributed by atoms with E-state index in [1.165, 1.54) is 0 Å². The summed E-state index contributed by atoms with van der Waals surface area (Å²) in [6.45, 7) is 2.01. The molecule has 1 N–H and O–H groups in total. The van der Waals surface area contributed by atoms with E-state index >= 15 is 0 Å². The van der Waals surface area contributed by atoms with Gasteiger partial charge < -0.3 is 19.3 Å². The summed E-state index contributed by atoms with van der Waals surface area (Å²) in [5, 5.41) is 7.19. The predicted octanol–water partition coefficient (Wildman–Crippen LogP) is 4.34. The molecule has 0 saturated heterocycles. The maximum absolute atomic E-state index is 12.9. The van der Waals surface area contributed by atoms with E-state index in [9.17, 15) is 4.79 Å². The van der Waals surface area contributed by atoms with Gasteiger partial charge in [0.05, 0.1) is 25.3 Å². The van der Waals surface area contributed by atoms with Crippen LogP contribution in [0.1, 0.15) is 24.1 Å². The van der Waals surface area contributed by atoms with Gasteiger partial charge in [-0.15, -0.1) is 0 Å². The Morgan fingerprint density at radius 3 is 2.39 bits per heavy atom. The minimum Gasteiger partial charge on any atom is -0.493 e. The molecular formula is C22H22N2O4. The van der Waals surface area contributed by atoms with Crippen LogP contribution in [-0.2, 0) is 10.2 Å². The highest BCUT2D eigenvalue weighted by molar-refractivity contribution is 6.01. The largest absolute Gasteiger partial charge is 0.493 e. The third-order valence-electron chi connectivity index (χ3n) is 5.16. The monoisotopic (exact) mass is 378 g/mol. The van der Waals surface area contributed by atoms with Crippen LogP contribution < -0.4 is 14.8 Å². The van der Waals surface area contributed by atoms with Gasteiger partial charge in [0.25, 0.3) is 0 Å². The lowest BCUT2D eigenvalue weighted by Crippen LogP contribution is -2.28.